The van der Waals surface area contributed by atoms with Crippen molar-refractivity contribution in [1.82, 2.24) is 0 Å². The van der Waals surface area contributed by atoms with E-state index >= 15 is 0 Å². The van der Waals surface area contributed by atoms with Gasteiger partial charge in [0, 0.05) is 17.8 Å². The van der Waals surface area contributed by atoms with Crippen molar-refractivity contribution in [2.75, 3.05) is 17.2 Å². The lowest BCUT2D eigenvalue weighted by atomic mass is 10.2. The van der Waals surface area contributed by atoms with Crippen molar-refractivity contribution in [2.24, 2.45) is 4.99 Å². The van der Waals surface area contributed by atoms with Gasteiger partial charge < -0.3 is 10.6 Å². The van der Waals surface area contributed by atoms with Crippen LogP contribution < -0.4 is 10.6 Å². The summed E-state index contributed by atoms with van der Waals surface area (Å²) in [6.07, 6.45) is -1.29. The number of halogens is 3. The van der Waals surface area contributed by atoms with Crippen LogP contribution in [0.4, 0.5) is 30.2 Å². The number of aldehydes is 1. The van der Waals surface area contributed by atoms with Crippen LogP contribution in [0.1, 0.15) is 29.3 Å². The molecular weight excluding hydrogens is 331 g/mol. The maximum Gasteiger partial charge on any atom is 0.416 e. The maximum atomic E-state index is 12.5. The molecule has 0 fully saturated rings. The van der Waals surface area contributed by atoms with Crippen LogP contribution in [0.25, 0.3) is 0 Å². The number of alkyl halides is 3. The van der Waals surface area contributed by atoms with Gasteiger partial charge in [-0.25, -0.2) is 4.99 Å². The van der Waals surface area contributed by atoms with Gasteiger partial charge >= 0.3 is 6.18 Å². The number of rotatable bonds is 7. The molecule has 0 aromatic heterocycles. The van der Waals surface area contributed by atoms with Gasteiger partial charge in [0.1, 0.15) is 6.29 Å². The molecule has 0 unspecified atom stereocenters. The Kier molecular flexibility index (Phi) is 6.16. The predicted octanol–water partition coefficient (Wildman–Crippen LogP) is 5.11. The van der Waals surface area contributed by atoms with Crippen molar-refractivity contribution in [1.29, 1.82) is 0 Å². The van der Waals surface area contributed by atoms with E-state index in [9.17, 15) is 18.0 Å². The highest BCUT2D eigenvalue weighted by atomic mass is 19.4. The molecule has 0 radical (unpaired) electrons. The third kappa shape index (κ3) is 5.34. The summed E-state index contributed by atoms with van der Waals surface area (Å²) in [5, 5.41) is 6.01. The van der Waals surface area contributed by atoms with E-state index in [0.717, 1.165) is 37.1 Å². The standard InChI is InChI=1S/C18H18F3N3O/c1-2-9-22-17-10-13(11-25)3-8-16(17)24-12-23-15-6-4-14(5-7-15)18(19,20)21/h3-8,10-12,22H,2,9H2,1H3,(H,23,24). The normalized spacial score (nSPS) is 11.5. The molecule has 0 spiro atoms. The highest BCUT2D eigenvalue weighted by Crippen LogP contribution is 2.30. The van der Waals surface area contributed by atoms with Crippen LogP contribution in [0.5, 0.6) is 0 Å². The fourth-order valence-corrected chi connectivity index (χ4v) is 2.07. The molecule has 132 valence electrons. The van der Waals surface area contributed by atoms with Gasteiger partial charge in [-0.05, 0) is 48.9 Å². The van der Waals surface area contributed by atoms with E-state index in [1.54, 1.807) is 18.2 Å². The van der Waals surface area contributed by atoms with Gasteiger partial charge in [-0.2, -0.15) is 13.2 Å². The number of anilines is 2. The number of hydrogen-bond acceptors (Lipinski definition) is 3. The average molecular weight is 349 g/mol. The van der Waals surface area contributed by atoms with Gasteiger partial charge in [-0.1, -0.05) is 6.92 Å². The molecule has 0 heterocycles. The molecule has 7 heteroatoms. The Balaban J connectivity index is 2.09. The molecule has 25 heavy (non-hydrogen) atoms. The molecule has 0 saturated carbocycles. The molecule has 0 saturated heterocycles. The number of nitrogens with zero attached hydrogens (tertiary/aromatic N) is 1. The van der Waals surface area contributed by atoms with Crippen LogP contribution in [-0.4, -0.2) is 19.2 Å². The lowest BCUT2D eigenvalue weighted by Crippen LogP contribution is -2.04. The summed E-state index contributed by atoms with van der Waals surface area (Å²) in [5.74, 6) is 0. The minimum Gasteiger partial charge on any atom is -0.383 e. The Labute approximate surface area is 143 Å². The molecule has 2 aromatic carbocycles. The minimum absolute atomic E-state index is 0.490. The first kappa shape index (κ1) is 18.5. The van der Waals surface area contributed by atoms with Crippen molar-refractivity contribution < 1.29 is 18.0 Å². The van der Waals surface area contributed by atoms with Crippen molar-refractivity contribution >= 4 is 29.7 Å². The number of benzene rings is 2. The van der Waals surface area contributed by atoms with Crippen LogP contribution in [0.2, 0.25) is 0 Å². The van der Waals surface area contributed by atoms with E-state index in [1.807, 2.05) is 6.92 Å². The van der Waals surface area contributed by atoms with Gasteiger partial charge in [-0.15, -0.1) is 0 Å². The number of nitrogens with one attached hydrogen (secondary N) is 2. The molecule has 2 rings (SSSR count). The molecule has 0 amide bonds. The first-order chi connectivity index (χ1) is 11.9. The molecular formula is C18H18F3N3O. The monoisotopic (exact) mass is 349 g/mol. The largest absolute Gasteiger partial charge is 0.416 e. The average Bonchev–Trinajstić information content (AvgIpc) is 2.60. The van der Waals surface area contributed by atoms with E-state index in [2.05, 4.69) is 15.6 Å². The third-order valence-electron chi connectivity index (χ3n) is 3.37. The summed E-state index contributed by atoms with van der Waals surface area (Å²) in [6.45, 7) is 2.75. The van der Waals surface area contributed by atoms with Crippen molar-refractivity contribution in [3.8, 4) is 0 Å². The topological polar surface area (TPSA) is 53.5 Å². The van der Waals surface area contributed by atoms with E-state index in [4.69, 9.17) is 0 Å². The molecule has 4 nitrogen and oxygen atoms in total. The molecule has 0 aliphatic rings. The van der Waals surface area contributed by atoms with Gasteiger partial charge in [0.2, 0.25) is 0 Å². The molecule has 0 aliphatic carbocycles. The first-order valence-electron chi connectivity index (χ1n) is 7.73. The zero-order valence-corrected chi connectivity index (χ0v) is 13.6. The Morgan fingerprint density at radius 1 is 1.12 bits per heavy atom. The number of hydrogen-bond donors (Lipinski definition) is 2. The molecule has 0 bridgehead atoms. The molecule has 2 N–H and O–H groups in total. The summed E-state index contributed by atoms with van der Waals surface area (Å²) in [5.41, 5.74) is 1.67. The SMILES string of the molecule is CCCNc1cc(C=O)ccc1N=CNc1ccc(C(F)(F)F)cc1. The Bertz CT molecular complexity index is 740. The third-order valence-corrected chi connectivity index (χ3v) is 3.37. The van der Waals surface area contributed by atoms with Gasteiger partial charge in [0.05, 0.1) is 23.3 Å². The molecule has 0 aliphatic heterocycles. The van der Waals surface area contributed by atoms with E-state index < -0.39 is 11.7 Å². The van der Waals surface area contributed by atoms with Crippen molar-refractivity contribution in [2.45, 2.75) is 19.5 Å². The lowest BCUT2D eigenvalue weighted by Gasteiger charge is -2.09. The second kappa shape index (κ2) is 8.32. The zero-order valence-electron chi connectivity index (χ0n) is 13.6. The van der Waals surface area contributed by atoms with E-state index in [-0.39, 0.29) is 0 Å². The smallest absolute Gasteiger partial charge is 0.383 e. The van der Waals surface area contributed by atoms with Crippen LogP contribution in [0.15, 0.2) is 47.5 Å². The second-order valence-corrected chi connectivity index (χ2v) is 5.30. The van der Waals surface area contributed by atoms with E-state index in [1.165, 1.54) is 18.5 Å². The lowest BCUT2D eigenvalue weighted by molar-refractivity contribution is -0.137. The Morgan fingerprint density at radius 2 is 1.84 bits per heavy atom. The predicted molar refractivity (Wildman–Crippen MR) is 93.8 cm³/mol. The van der Waals surface area contributed by atoms with Gasteiger partial charge in [0.15, 0.2) is 0 Å². The maximum absolute atomic E-state index is 12.5. The second-order valence-electron chi connectivity index (χ2n) is 5.30. The Hall–Kier alpha value is -2.83. The van der Waals surface area contributed by atoms with Crippen molar-refractivity contribution in [3.63, 3.8) is 0 Å². The van der Waals surface area contributed by atoms with Gasteiger partial charge in [0.25, 0.3) is 0 Å². The number of carbonyl (C=O) groups excluding carboxylic acids is 1. The summed E-state index contributed by atoms with van der Waals surface area (Å²) >= 11 is 0. The zero-order chi connectivity index (χ0) is 18.3. The summed E-state index contributed by atoms with van der Waals surface area (Å²) in [7, 11) is 0. The fraction of sp³-hybridized carbons (Fsp3) is 0.222. The first-order valence-corrected chi connectivity index (χ1v) is 7.73. The quantitative estimate of drug-likeness (QED) is 0.415. The Morgan fingerprint density at radius 3 is 2.44 bits per heavy atom. The summed E-state index contributed by atoms with van der Waals surface area (Å²) < 4.78 is 37.6. The van der Waals surface area contributed by atoms with Gasteiger partial charge in [-0.3, -0.25) is 4.79 Å². The highest BCUT2D eigenvalue weighted by molar-refractivity contribution is 5.84. The van der Waals surface area contributed by atoms with Crippen molar-refractivity contribution in [3.05, 3.63) is 53.6 Å². The number of carbonyl (C=O) groups is 1. The fourth-order valence-electron chi connectivity index (χ4n) is 2.07. The van der Waals surface area contributed by atoms with Crippen LogP contribution in [-0.2, 0) is 6.18 Å². The molecule has 0 atom stereocenters. The minimum atomic E-state index is -4.35. The highest BCUT2D eigenvalue weighted by Gasteiger charge is 2.29. The van der Waals surface area contributed by atoms with Crippen LogP contribution in [0.3, 0.4) is 0 Å². The summed E-state index contributed by atoms with van der Waals surface area (Å²) in [4.78, 5) is 15.1. The summed E-state index contributed by atoms with van der Waals surface area (Å²) in [6, 6.07) is 9.72. The van der Waals surface area contributed by atoms with Crippen LogP contribution >= 0.6 is 0 Å². The molecule has 2 aromatic rings. The van der Waals surface area contributed by atoms with E-state index in [0.29, 0.717) is 16.9 Å². The van der Waals surface area contributed by atoms with Crippen LogP contribution in [0, 0.1) is 0 Å². The number of aliphatic imine (C=N–C) groups is 1.